The summed E-state index contributed by atoms with van der Waals surface area (Å²) in [5, 5.41) is 12.8. The molecule has 1 aromatic heterocycles. The van der Waals surface area contributed by atoms with Crippen LogP contribution in [0.1, 0.15) is 25.0 Å². The lowest BCUT2D eigenvalue weighted by molar-refractivity contribution is 0.666. The van der Waals surface area contributed by atoms with Gasteiger partial charge in [0.1, 0.15) is 0 Å². The summed E-state index contributed by atoms with van der Waals surface area (Å²) in [6, 6.07) is 61.0. The highest BCUT2D eigenvalue weighted by molar-refractivity contribution is 6.25. The van der Waals surface area contributed by atoms with Crippen molar-refractivity contribution < 1.29 is 0 Å². The zero-order valence-corrected chi connectivity index (χ0v) is 28.0. The van der Waals surface area contributed by atoms with E-state index in [2.05, 4.69) is 182 Å². The molecule has 0 saturated heterocycles. The molecule has 0 spiro atoms. The molecule has 0 bridgehead atoms. The largest absolute Gasteiger partial charge is 0.308 e. The average molecular weight is 636 g/mol. The molecule has 1 aliphatic rings. The van der Waals surface area contributed by atoms with E-state index in [0.717, 1.165) is 0 Å². The third-order valence-electron chi connectivity index (χ3n) is 11.5. The number of aromatic nitrogens is 1. The smallest absolute Gasteiger partial charge is 0.0619 e. The van der Waals surface area contributed by atoms with Crippen LogP contribution in [-0.4, -0.2) is 4.57 Å². The Morgan fingerprint density at radius 3 is 1.70 bits per heavy atom. The van der Waals surface area contributed by atoms with Gasteiger partial charge in [-0.1, -0.05) is 159 Å². The Morgan fingerprint density at radius 2 is 0.960 bits per heavy atom. The number of rotatable bonds is 2. The van der Waals surface area contributed by atoms with E-state index >= 15 is 0 Å². The van der Waals surface area contributed by atoms with Crippen LogP contribution in [0.25, 0.3) is 92.8 Å². The minimum absolute atomic E-state index is 0.120. The molecule has 0 fully saturated rings. The molecule has 0 unspecified atom stereocenters. The van der Waals surface area contributed by atoms with Crippen LogP contribution < -0.4 is 0 Å². The van der Waals surface area contributed by atoms with Crippen LogP contribution in [0.5, 0.6) is 0 Å². The number of hydrogen-bond donors (Lipinski definition) is 0. The molecule has 0 atom stereocenters. The molecule has 0 amide bonds. The van der Waals surface area contributed by atoms with Crippen molar-refractivity contribution in [3.63, 3.8) is 0 Å². The highest BCUT2D eigenvalue weighted by Gasteiger charge is 2.38. The van der Waals surface area contributed by atoms with Crippen LogP contribution in [0.4, 0.5) is 0 Å². The van der Waals surface area contributed by atoms with E-state index in [1.165, 1.54) is 104 Å². The highest BCUT2D eigenvalue weighted by atomic mass is 15.0. The third-order valence-corrected chi connectivity index (χ3v) is 11.5. The second kappa shape index (κ2) is 9.94. The first-order valence-electron chi connectivity index (χ1n) is 17.6. The lowest BCUT2D eigenvalue weighted by Gasteiger charge is -2.23. The van der Waals surface area contributed by atoms with Crippen LogP contribution in [0.3, 0.4) is 0 Å². The third kappa shape index (κ3) is 3.51. The summed E-state index contributed by atoms with van der Waals surface area (Å²) < 4.78 is 2.57. The zero-order chi connectivity index (χ0) is 33.1. The molecule has 234 valence electrons. The Labute approximate surface area is 290 Å². The van der Waals surface area contributed by atoms with Crippen molar-refractivity contribution in [1.29, 1.82) is 0 Å². The summed E-state index contributed by atoms with van der Waals surface area (Å²) in [6.45, 7) is 4.80. The summed E-state index contributed by atoms with van der Waals surface area (Å²) in [7, 11) is 0. The predicted octanol–water partition coefficient (Wildman–Crippen LogP) is 13.4. The van der Waals surface area contributed by atoms with Gasteiger partial charge in [-0.25, -0.2) is 0 Å². The van der Waals surface area contributed by atoms with Gasteiger partial charge in [-0.3, -0.25) is 0 Å². The maximum absolute atomic E-state index is 2.57. The SMILES string of the molecule is CC1(C)c2ccccc2-c2ccc3c(c21)c1ccccc1n3-c1c2ccccc2c(-c2cc3ccccc3c3ccccc23)c2ccccc12. The fourth-order valence-electron chi connectivity index (χ4n) is 9.47. The van der Waals surface area contributed by atoms with Gasteiger partial charge in [-0.05, 0) is 83.9 Å². The van der Waals surface area contributed by atoms with E-state index in [1.54, 1.807) is 0 Å². The minimum atomic E-state index is -0.120. The van der Waals surface area contributed by atoms with E-state index in [-0.39, 0.29) is 5.41 Å². The molecule has 50 heavy (non-hydrogen) atoms. The Bertz CT molecular complexity index is 3010. The topological polar surface area (TPSA) is 4.93 Å². The van der Waals surface area contributed by atoms with Gasteiger partial charge in [0.2, 0.25) is 0 Å². The lowest BCUT2D eigenvalue weighted by Crippen LogP contribution is -2.15. The van der Waals surface area contributed by atoms with Crippen molar-refractivity contribution >= 4 is 64.9 Å². The maximum atomic E-state index is 2.57. The van der Waals surface area contributed by atoms with E-state index in [0.29, 0.717) is 0 Å². The number of para-hydroxylation sites is 1. The second-order valence-electron chi connectivity index (χ2n) is 14.4. The Balaban J connectivity index is 1.32. The van der Waals surface area contributed by atoms with Crippen molar-refractivity contribution in [2.24, 2.45) is 0 Å². The standard InChI is InChI=1S/C49H33N/c1-49(2)42-25-13-11-19-34(42)37-27-28-44-46(47(37)49)40-24-12-14-26-43(40)50(44)48-38-22-9-7-20-35(38)45(36-21-8-10-23-39(36)48)41-29-30-15-3-4-16-31(30)32-17-5-6-18-33(32)41/h3-29H,1-2H3. The molecule has 1 heterocycles. The molecular weight excluding hydrogens is 603 g/mol. The molecule has 11 rings (SSSR count). The number of fused-ring (bicyclic) bond motifs is 12. The average Bonchev–Trinajstić information content (AvgIpc) is 3.62. The van der Waals surface area contributed by atoms with Gasteiger partial charge in [0.05, 0.1) is 16.7 Å². The summed E-state index contributed by atoms with van der Waals surface area (Å²) in [4.78, 5) is 0. The van der Waals surface area contributed by atoms with Crippen LogP contribution in [0.2, 0.25) is 0 Å². The zero-order valence-electron chi connectivity index (χ0n) is 28.0. The molecule has 10 aromatic rings. The molecule has 1 aliphatic carbocycles. The van der Waals surface area contributed by atoms with E-state index in [4.69, 9.17) is 0 Å². The van der Waals surface area contributed by atoms with Crippen molar-refractivity contribution in [1.82, 2.24) is 4.57 Å². The molecular formula is C49H33N. The molecule has 0 saturated carbocycles. The van der Waals surface area contributed by atoms with Crippen LogP contribution in [0, 0.1) is 0 Å². The van der Waals surface area contributed by atoms with Crippen molar-refractivity contribution in [2.45, 2.75) is 19.3 Å². The number of hydrogen-bond acceptors (Lipinski definition) is 0. The Morgan fingerprint density at radius 1 is 0.400 bits per heavy atom. The predicted molar refractivity (Wildman–Crippen MR) is 214 cm³/mol. The van der Waals surface area contributed by atoms with Gasteiger partial charge in [-0.2, -0.15) is 0 Å². The molecule has 0 N–H and O–H groups in total. The van der Waals surface area contributed by atoms with Crippen LogP contribution in [0.15, 0.2) is 164 Å². The fraction of sp³-hybridized carbons (Fsp3) is 0.0612. The van der Waals surface area contributed by atoms with Gasteiger partial charge in [-0.15, -0.1) is 0 Å². The minimum Gasteiger partial charge on any atom is -0.308 e. The first-order chi connectivity index (χ1) is 24.6. The van der Waals surface area contributed by atoms with Gasteiger partial charge >= 0.3 is 0 Å². The maximum Gasteiger partial charge on any atom is 0.0619 e. The van der Waals surface area contributed by atoms with Crippen molar-refractivity contribution in [3.05, 3.63) is 175 Å². The van der Waals surface area contributed by atoms with Crippen LogP contribution in [-0.2, 0) is 5.41 Å². The molecule has 1 heteroatoms. The molecule has 1 nitrogen and oxygen atoms in total. The van der Waals surface area contributed by atoms with Gasteiger partial charge in [0.15, 0.2) is 0 Å². The van der Waals surface area contributed by atoms with Gasteiger partial charge in [0.25, 0.3) is 0 Å². The summed E-state index contributed by atoms with van der Waals surface area (Å²) >= 11 is 0. The highest BCUT2D eigenvalue weighted by Crippen LogP contribution is 2.54. The normalized spacial score (nSPS) is 13.6. The first kappa shape index (κ1) is 27.7. The van der Waals surface area contributed by atoms with Crippen molar-refractivity contribution in [2.75, 3.05) is 0 Å². The first-order valence-corrected chi connectivity index (χ1v) is 17.6. The van der Waals surface area contributed by atoms with Crippen molar-refractivity contribution in [3.8, 4) is 27.9 Å². The lowest BCUT2D eigenvalue weighted by atomic mass is 9.80. The summed E-state index contributed by atoms with van der Waals surface area (Å²) in [5.41, 5.74) is 11.7. The van der Waals surface area contributed by atoms with E-state index in [9.17, 15) is 0 Å². The molecule has 0 aliphatic heterocycles. The second-order valence-corrected chi connectivity index (χ2v) is 14.4. The van der Waals surface area contributed by atoms with E-state index < -0.39 is 0 Å². The quantitative estimate of drug-likeness (QED) is 0.132. The van der Waals surface area contributed by atoms with Gasteiger partial charge in [0, 0.05) is 27.0 Å². The Kier molecular flexibility index (Phi) is 5.51. The van der Waals surface area contributed by atoms with Gasteiger partial charge < -0.3 is 4.57 Å². The van der Waals surface area contributed by atoms with E-state index in [1.807, 2.05) is 0 Å². The molecule has 0 radical (unpaired) electrons. The fourth-order valence-corrected chi connectivity index (χ4v) is 9.47. The summed E-state index contributed by atoms with van der Waals surface area (Å²) in [6.07, 6.45) is 0. The van der Waals surface area contributed by atoms with Crippen LogP contribution >= 0.6 is 0 Å². The Hall–Kier alpha value is -6.18. The number of nitrogens with zero attached hydrogens (tertiary/aromatic N) is 1. The monoisotopic (exact) mass is 635 g/mol. The summed E-state index contributed by atoms with van der Waals surface area (Å²) in [5.74, 6) is 0. The molecule has 9 aromatic carbocycles. The number of benzene rings is 9.